The zero-order valence-corrected chi connectivity index (χ0v) is 11.8. The van der Waals surface area contributed by atoms with Crippen molar-refractivity contribution in [2.75, 3.05) is 13.7 Å². The van der Waals surface area contributed by atoms with Gasteiger partial charge in [0.15, 0.2) is 0 Å². The van der Waals surface area contributed by atoms with Gasteiger partial charge < -0.3 is 15.2 Å². The third-order valence-corrected chi connectivity index (χ3v) is 3.83. The predicted molar refractivity (Wildman–Crippen MR) is 73.5 cm³/mol. The monoisotopic (exact) mass is 289 g/mol. The summed E-state index contributed by atoms with van der Waals surface area (Å²) in [4.78, 5) is 0. The second-order valence-electron chi connectivity index (χ2n) is 4.49. The minimum atomic E-state index is -0.163. The summed E-state index contributed by atoms with van der Waals surface area (Å²) in [7, 11) is 1.56. The molecular weight excluding hydrogens is 273 g/mol. The van der Waals surface area contributed by atoms with Crippen LogP contribution in [0.5, 0.6) is 5.75 Å². The molecule has 1 saturated heterocycles. The van der Waals surface area contributed by atoms with E-state index in [0.29, 0.717) is 15.8 Å². The molecule has 0 aliphatic carbocycles. The molecule has 1 aromatic carbocycles. The zero-order chi connectivity index (χ0) is 13.1. The van der Waals surface area contributed by atoms with Crippen LogP contribution in [0.15, 0.2) is 12.1 Å². The first-order valence-corrected chi connectivity index (χ1v) is 6.77. The number of hydrogen-bond acceptors (Lipinski definition) is 3. The summed E-state index contributed by atoms with van der Waals surface area (Å²) < 4.78 is 10.7. The Labute approximate surface area is 117 Å². The Morgan fingerprint density at radius 3 is 2.83 bits per heavy atom. The quantitative estimate of drug-likeness (QED) is 0.922. The molecule has 0 radical (unpaired) electrons. The average Bonchev–Trinajstić information content (AvgIpc) is 2.84. The summed E-state index contributed by atoms with van der Waals surface area (Å²) in [6.07, 6.45) is 3.17. The highest BCUT2D eigenvalue weighted by Gasteiger charge is 2.21. The zero-order valence-electron chi connectivity index (χ0n) is 10.3. The van der Waals surface area contributed by atoms with E-state index in [1.807, 2.05) is 0 Å². The van der Waals surface area contributed by atoms with Crippen molar-refractivity contribution < 1.29 is 9.47 Å². The summed E-state index contributed by atoms with van der Waals surface area (Å²) >= 11 is 12.3. The van der Waals surface area contributed by atoms with Gasteiger partial charge in [0.1, 0.15) is 5.75 Å². The first-order chi connectivity index (χ1) is 8.61. The van der Waals surface area contributed by atoms with Crippen LogP contribution in [0, 0.1) is 0 Å². The fourth-order valence-electron chi connectivity index (χ4n) is 2.22. The molecule has 1 aromatic rings. The van der Waals surface area contributed by atoms with Crippen LogP contribution >= 0.6 is 23.2 Å². The van der Waals surface area contributed by atoms with Crippen LogP contribution in [-0.2, 0) is 4.74 Å². The number of rotatable bonds is 4. The third kappa shape index (κ3) is 3.09. The lowest BCUT2D eigenvalue weighted by Crippen LogP contribution is -2.18. The Hall–Kier alpha value is -0.480. The fraction of sp³-hybridized carbons (Fsp3) is 0.538. The van der Waals surface area contributed by atoms with Crippen LogP contribution in [-0.4, -0.2) is 19.8 Å². The maximum absolute atomic E-state index is 6.20. The van der Waals surface area contributed by atoms with E-state index < -0.39 is 0 Å². The number of hydrogen-bond donors (Lipinski definition) is 1. The molecule has 18 heavy (non-hydrogen) atoms. The van der Waals surface area contributed by atoms with E-state index in [0.717, 1.165) is 31.4 Å². The van der Waals surface area contributed by atoms with Crippen molar-refractivity contribution in [1.29, 1.82) is 0 Å². The van der Waals surface area contributed by atoms with Crippen LogP contribution in [0.25, 0.3) is 0 Å². The van der Waals surface area contributed by atoms with Crippen LogP contribution in [0.3, 0.4) is 0 Å². The molecule has 0 saturated carbocycles. The first kappa shape index (κ1) is 13.9. The van der Waals surface area contributed by atoms with Crippen LogP contribution in [0.4, 0.5) is 0 Å². The molecule has 1 fully saturated rings. The maximum atomic E-state index is 6.20. The van der Waals surface area contributed by atoms with Crippen LogP contribution in [0.2, 0.25) is 10.0 Å². The topological polar surface area (TPSA) is 44.5 Å². The highest BCUT2D eigenvalue weighted by molar-refractivity contribution is 6.34. The number of ether oxygens (including phenoxy) is 2. The minimum Gasteiger partial charge on any atom is -0.495 e. The molecule has 1 heterocycles. The lowest BCUT2D eigenvalue weighted by Gasteiger charge is -2.18. The summed E-state index contributed by atoms with van der Waals surface area (Å²) in [6, 6.07) is 3.32. The Morgan fingerprint density at radius 1 is 1.44 bits per heavy atom. The lowest BCUT2D eigenvalue weighted by atomic mass is 10.00. The second-order valence-corrected chi connectivity index (χ2v) is 5.30. The van der Waals surface area contributed by atoms with E-state index >= 15 is 0 Å². The molecule has 0 aromatic heterocycles. The standard InChI is InChI=1S/C13H17Cl2NO2/c1-17-13-7-10(14)9(6-11(13)15)12(16)5-8-3-2-4-18-8/h6-8,12H,2-5,16H2,1H3. The van der Waals surface area contributed by atoms with Gasteiger partial charge in [-0.15, -0.1) is 0 Å². The highest BCUT2D eigenvalue weighted by Crippen LogP contribution is 2.35. The predicted octanol–water partition coefficient (Wildman–Crippen LogP) is 3.57. The van der Waals surface area contributed by atoms with E-state index in [4.69, 9.17) is 38.4 Å². The average molecular weight is 290 g/mol. The Balaban J connectivity index is 2.13. The van der Waals surface area contributed by atoms with Crippen molar-refractivity contribution in [2.24, 2.45) is 5.73 Å². The molecule has 2 atom stereocenters. The van der Waals surface area contributed by atoms with Gasteiger partial charge in [-0.2, -0.15) is 0 Å². The molecule has 1 aliphatic rings. The fourth-order valence-corrected chi connectivity index (χ4v) is 2.77. The van der Waals surface area contributed by atoms with Gasteiger partial charge in [-0.05, 0) is 30.9 Å². The van der Waals surface area contributed by atoms with E-state index in [9.17, 15) is 0 Å². The Bertz CT molecular complexity index is 420. The molecule has 2 rings (SSSR count). The van der Waals surface area contributed by atoms with Gasteiger partial charge in [-0.3, -0.25) is 0 Å². The summed E-state index contributed by atoms with van der Waals surface area (Å²) in [5, 5.41) is 1.11. The van der Waals surface area contributed by atoms with Gasteiger partial charge in [-0.25, -0.2) is 0 Å². The molecule has 3 nitrogen and oxygen atoms in total. The van der Waals surface area contributed by atoms with Gasteiger partial charge in [0, 0.05) is 23.7 Å². The van der Waals surface area contributed by atoms with Crippen LogP contribution < -0.4 is 10.5 Å². The lowest BCUT2D eigenvalue weighted by molar-refractivity contribution is 0.0983. The third-order valence-electron chi connectivity index (χ3n) is 3.21. The number of halogens is 2. The molecule has 0 bridgehead atoms. The van der Waals surface area contributed by atoms with Crippen molar-refractivity contribution in [3.05, 3.63) is 27.7 Å². The van der Waals surface area contributed by atoms with E-state index in [-0.39, 0.29) is 12.1 Å². The van der Waals surface area contributed by atoms with E-state index in [1.165, 1.54) is 0 Å². The van der Waals surface area contributed by atoms with Gasteiger partial charge in [0.2, 0.25) is 0 Å². The Kier molecular flexibility index (Phi) is 4.73. The molecule has 2 unspecified atom stereocenters. The SMILES string of the molecule is COc1cc(Cl)c(C(N)CC2CCCO2)cc1Cl. The highest BCUT2D eigenvalue weighted by atomic mass is 35.5. The van der Waals surface area contributed by atoms with Crippen molar-refractivity contribution in [3.63, 3.8) is 0 Å². The largest absolute Gasteiger partial charge is 0.495 e. The maximum Gasteiger partial charge on any atom is 0.138 e. The smallest absolute Gasteiger partial charge is 0.138 e. The van der Waals surface area contributed by atoms with E-state index in [1.54, 1.807) is 19.2 Å². The molecule has 1 aliphatic heterocycles. The Morgan fingerprint density at radius 2 is 2.22 bits per heavy atom. The molecule has 100 valence electrons. The normalized spacial score (nSPS) is 21.0. The summed E-state index contributed by atoms with van der Waals surface area (Å²) in [5.41, 5.74) is 7.02. The summed E-state index contributed by atoms with van der Waals surface area (Å²) in [6.45, 7) is 0.828. The van der Waals surface area contributed by atoms with Gasteiger partial charge in [0.05, 0.1) is 18.2 Å². The van der Waals surface area contributed by atoms with Crippen molar-refractivity contribution in [3.8, 4) is 5.75 Å². The van der Waals surface area contributed by atoms with Crippen molar-refractivity contribution in [1.82, 2.24) is 0 Å². The van der Waals surface area contributed by atoms with Gasteiger partial charge >= 0.3 is 0 Å². The molecule has 5 heteroatoms. The van der Waals surface area contributed by atoms with E-state index in [2.05, 4.69) is 0 Å². The van der Waals surface area contributed by atoms with Crippen molar-refractivity contribution in [2.45, 2.75) is 31.4 Å². The van der Waals surface area contributed by atoms with Crippen molar-refractivity contribution >= 4 is 23.2 Å². The second kappa shape index (κ2) is 6.11. The van der Waals surface area contributed by atoms with Crippen LogP contribution in [0.1, 0.15) is 30.9 Å². The molecule has 0 spiro atoms. The molecular formula is C13H17Cl2NO2. The van der Waals surface area contributed by atoms with Gasteiger partial charge in [-0.1, -0.05) is 23.2 Å². The summed E-state index contributed by atoms with van der Waals surface area (Å²) in [5.74, 6) is 0.565. The first-order valence-electron chi connectivity index (χ1n) is 6.02. The minimum absolute atomic E-state index is 0.163. The molecule has 0 amide bonds. The number of nitrogens with two attached hydrogens (primary N) is 1. The van der Waals surface area contributed by atoms with Gasteiger partial charge in [0.25, 0.3) is 0 Å². The number of methoxy groups -OCH3 is 1. The number of benzene rings is 1. The molecule has 2 N–H and O–H groups in total.